The highest BCUT2D eigenvalue weighted by molar-refractivity contribution is 7.98. The predicted molar refractivity (Wildman–Crippen MR) is 81.9 cm³/mol. The molecule has 5 heteroatoms. The summed E-state index contributed by atoms with van der Waals surface area (Å²) in [5.41, 5.74) is 0.671. The summed E-state index contributed by atoms with van der Waals surface area (Å²) in [5, 5.41) is 2.69. The van der Waals surface area contributed by atoms with Crippen LogP contribution in [0.1, 0.15) is 25.7 Å². The SMILES string of the molecule is CSc1cccc(NC(=O)C(=O)N2CCCCCC2)c1. The zero-order valence-electron chi connectivity index (χ0n) is 11.7. The topological polar surface area (TPSA) is 49.4 Å². The molecule has 108 valence electrons. The third kappa shape index (κ3) is 4.00. The highest BCUT2D eigenvalue weighted by Gasteiger charge is 2.22. The molecule has 1 saturated heterocycles. The fourth-order valence-electron chi connectivity index (χ4n) is 2.30. The van der Waals surface area contributed by atoms with Crippen molar-refractivity contribution >= 4 is 29.3 Å². The molecule has 0 aliphatic carbocycles. The van der Waals surface area contributed by atoms with E-state index in [1.165, 1.54) is 0 Å². The van der Waals surface area contributed by atoms with Crippen molar-refractivity contribution < 1.29 is 9.59 Å². The molecule has 1 aromatic carbocycles. The van der Waals surface area contributed by atoms with Crippen LogP contribution in [0.15, 0.2) is 29.2 Å². The summed E-state index contributed by atoms with van der Waals surface area (Å²) < 4.78 is 0. The number of nitrogens with zero attached hydrogens (tertiary/aromatic N) is 1. The number of anilines is 1. The van der Waals surface area contributed by atoms with Crippen molar-refractivity contribution in [1.82, 2.24) is 4.90 Å². The van der Waals surface area contributed by atoms with Crippen LogP contribution in [-0.4, -0.2) is 36.1 Å². The Bertz CT molecular complexity index is 483. The minimum absolute atomic E-state index is 0.415. The van der Waals surface area contributed by atoms with Crippen LogP contribution >= 0.6 is 11.8 Å². The summed E-state index contributed by atoms with van der Waals surface area (Å²) in [7, 11) is 0. The number of rotatable bonds is 2. The largest absolute Gasteiger partial charge is 0.334 e. The maximum Gasteiger partial charge on any atom is 0.313 e. The van der Waals surface area contributed by atoms with Gasteiger partial charge in [-0.1, -0.05) is 18.9 Å². The number of thioether (sulfide) groups is 1. The molecule has 1 fully saturated rings. The minimum atomic E-state index is -0.537. The Morgan fingerprint density at radius 2 is 1.85 bits per heavy atom. The molecule has 0 atom stereocenters. The van der Waals surface area contributed by atoms with Crippen LogP contribution in [0.4, 0.5) is 5.69 Å². The van der Waals surface area contributed by atoms with Gasteiger partial charge in [0, 0.05) is 23.7 Å². The molecule has 0 spiro atoms. The molecule has 1 aliphatic rings. The van der Waals surface area contributed by atoms with Gasteiger partial charge in [0.15, 0.2) is 0 Å². The Hall–Kier alpha value is -1.49. The number of benzene rings is 1. The van der Waals surface area contributed by atoms with Gasteiger partial charge in [0.05, 0.1) is 0 Å². The molecule has 1 aromatic rings. The molecule has 20 heavy (non-hydrogen) atoms. The molecular weight excluding hydrogens is 272 g/mol. The van der Waals surface area contributed by atoms with E-state index in [4.69, 9.17) is 0 Å². The zero-order chi connectivity index (χ0) is 14.4. The molecule has 0 aromatic heterocycles. The lowest BCUT2D eigenvalue weighted by molar-refractivity contribution is -0.143. The number of carbonyl (C=O) groups excluding carboxylic acids is 2. The number of likely N-dealkylation sites (tertiary alicyclic amines) is 1. The van der Waals surface area contributed by atoms with E-state index in [9.17, 15) is 9.59 Å². The fourth-order valence-corrected chi connectivity index (χ4v) is 2.76. The van der Waals surface area contributed by atoms with Crippen LogP contribution in [0, 0.1) is 0 Å². The van der Waals surface area contributed by atoms with Gasteiger partial charge >= 0.3 is 11.8 Å². The van der Waals surface area contributed by atoms with Crippen molar-refractivity contribution in [2.75, 3.05) is 24.7 Å². The van der Waals surface area contributed by atoms with Crippen LogP contribution in [0.25, 0.3) is 0 Å². The average molecular weight is 292 g/mol. The summed E-state index contributed by atoms with van der Waals surface area (Å²) >= 11 is 1.60. The van der Waals surface area contributed by atoms with Gasteiger partial charge < -0.3 is 10.2 Å². The van der Waals surface area contributed by atoms with Crippen molar-refractivity contribution in [3.8, 4) is 0 Å². The Kier molecular flexibility index (Phi) is 5.47. The molecule has 0 bridgehead atoms. The number of carbonyl (C=O) groups is 2. The first-order valence-corrected chi connectivity index (χ1v) is 8.17. The van der Waals surface area contributed by atoms with Crippen molar-refractivity contribution in [2.45, 2.75) is 30.6 Å². The number of amides is 2. The van der Waals surface area contributed by atoms with E-state index in [2.05, 4.69) is 5.32 Å². The third-order valence-electron chi connectivity index (χ3n) is 3.42. The van der Waals surface area contributed by atoms with Gasteiger partial charge in [-0.05, 0) is 37.3 Å². The lowest BCUT2D eigenvalue weighted by atomic mass is 10.2. The van der Waals surface area contributed by atoms with Crippen LogP contribution in [0.2, 0.25) is 0 Å². The summed E-state index contributed by atoms with van der Waals surface area (Å²) in [6.07, 6.45) is 6.23. The molecule has 0 unspecified atom stereocenters. The number of hydrogen-bond donors (Lipinski definition) is 1. The average Bonchev–Trinajstić information content (AvgIpc) is 2.75. The van der Waals surface area contributed by atoms with E-state index in [-0.39, 0.29) is 0 Å². The molecule has 1 N–H and O–H groups in total. The molecule has 2 rings (SSSR count). The Morgan fingerprint density at radius 1 is 1.15 bits per heavy atom. The Balaban J connectivity index is 1.97. The van der Waals surface area contributed by atoms with Gasteiger partial charge in [-0.15, -0.1) is 11.8 Å². The van der Waals surface area contributed by atoms with Crippen LogP contribution in [0.3, 0.4) is 0 Å². The molecule has 1 heterocycles. The van der Waals surface area contributed by atoms with Gasteiger partial charge in [0.1, 0.15) is 0 Å². The summed E-state index contributed by atoms with van der Waals surface area (Å²) in [4.78, 5) is 26.9. The molecule has 0 saturated carbocycles. The van der Waals surface area contributed by atoms with E-state index >= 15 is 0 Å². The van der Waals surface area contributed by atoms with E-state index in [1.54, 1.807) is 22.7 Å². The van der Waals surface area contributed by atoms with E-state index in [0.717, 1.165) is 30.6 Å². The van der Waals surface area contributed by atoms with Gasteiger partial charge in [0.25, 0.3) is 0 Å². The first-order valence-electron chi connectivity index (χ1n) is 6.95. The van der Waals surface area contributed by atoms with Crippen molar-refractivity contribution in [2.24, 2.45) is 0 Å². The predicted octanol–water partition coefficient (Wildman–Crippen LogP) is 2.75. The van der Waals surface area contributed by atoms with Gasteiger partial charge in [-0.25, -0.2) is 0 Å². The van der Waals surface area contributed by atoms with Crippen LogP contribution in [-0.2, 0) is 9.59 Å². The van der Waals surface area contributed by atoms with Gasteiger partial charge in [-0.2, -0.15) is 0 Å². The highest BCUT2D eigenvalue weighted by Crippen LogP contribution is 2.19. The quantitative estimate of drug-likeness (QED) is 0.673. The van der Waals surface area contributed by atoms with E-state index in [1.807, 2.05) is 24.5 Å². The van der Waals surface area contributed by atoms with Gasteiger partial charge in [-0.3, -0.25) is 9.59 Å². The van der Waals surface area contributed by atoms with Crippen molar-refractivity contribution in [1.29, 1.82) is 0 Å². The maximum absolute atomic E-state index is 12.1. The molecule has 4 nitrogen and oxygen atoms in total. The normalized spacial score (nSPS) is 15.6. The smallest absolute Gasteiger partial charge is 0.313 e. The first-order chi connectivity index (χ1) is 9.70. The minimum Gasteiger partial charge on any atom is -0.334 e. The van der Waals surface area contributed by atoms with E-state index in [0.29, 0.717) is 18.8 Å². The molecule has 1 aliphatic heterocycles. The second kappa shape index (κ2) is 7.33. The summed E-state index contributed by atoms with van der Waals surface area (Å²) in [6.45, 7) is 1.38. The second-order valence-electron chi connectivity index (χ2n) is 4.89. The summed E-state index contributed by atoms with van der Waals surface area (Å²) in [5.74, 6) is -0.952. The molecule has 2 amide bonds. The highest BCUT2D eigenvalue weighted by atomic mass is 32.2. The van der Waals surface area contributed by atoms with Gasteiger partial charge in [0.2, 0.25) is 0 Å². The number of nitrogens with one attached hydrogen (secondary N) is 1. The van der Waals surface area contributed by atoms with Crippen LogP contribution in [0.5, 0.6) is 0 Å². The zero-order valence-corrected chi connectivity index (χ0v) is 12.5. The van der Waals surface area contributed by atoms with Crippen molar-refractivity contribution in [3.63, 3.8) is 0 Å². The summed E-state index contributed by atoms with van der Waals surface area (Å²) in [6, 6.07) is 7.51. The Morgan fingerprint density at radius 3 is 2.50 bits per heavy atom. The monoisotopic (exact) mass is 292 g/mol. The molecular formula is C15H20N2O2S. The Labute approximate surface area is 123 Å². The van der Waals surface area contributed by atoms with E-state index < -0.39 is 11.8 Å². The number of hydrogen-bond acceptors (Lipinski definition) is 3. The van der Waals surface area contributed by atoms with Crippen LogP contribution < -0.4 is 5.32 Å². The maximum atomic E-state index is 12.1. The molecule has 0 radical (unpaired) electrons. The standard InChI is InChI=1S/C15H20N2O2S/c1-20-13-8-6-7-12(11-13)16-14(18)15(19)17-9-4-2-3-5-10-17/h6-8,11H,2-5,9-10H2,1H3,(H,16,18). The lowest BCUT2D eigenvalue weighted by Gasteiger charge is -2.19. The lowest BCUT2D eigenvalue weighted by Crippen LogP contribution is -2.40. The third-order valence-corrected chi connectivity index (χ3v) is 4.14. The first kappa shape index (κ1) is 14.9. The fraction of sp³-hybridized carbons (Fsp3) is 0.467. The second-order valence-corrected chi connectivity index (χ2v) is 5.77. The van der Waals surface area contributed by atoms with Crippen molar-refractivity contribution in [3.05, 3.63) is 24.3 Å².